The third-order valence-corrected chi connectivity index (χ3v) is 7.54. The molecule has 0 atom stereocenters. The Morgan fingerprint density at radius 1 is 1.03 bits per heavy atom. The topological polar surface area (TPSA) is 66.5 Å². The molecule has 0 aromatic heterocycles. The first-order valence-corrected chi connectivity index (χ1v) is 12.0. The summed E-state index contributed by atoms with van der Waals surface area (Å²) in [5, 5.41) is 3.03. The van der Waals surface area contributed by atoms with Crippen LogP contribution in [0.15, 0.2) is 54.6 Å². The van der Waals surface area contributed by atoms with Gasteiger partial charge in [-0.3, -0.25) is 4.79 Å². The number of nitrogens with zero attached hydrogens (tertiary/aromatic N) is 1. The van der Waals surface area contributed by atoms with Crippen molar-refractivity contribution in [3.05, 3.63) is 65.7 Å². The molecule has 29 heavy (non-hydrogen) atoms. The number of nitrogens with one attached hydrogen (secondary N) is 1. The molecule has 0 bridgehead atoms. The summed E-state index contributed by atoms with van der Waals surface area (Å²) in [7, 11) is -3.27. The van der Waals surface area contributed by atoms with E-state index in [1.165, 1.54) is 0 Å². The van der Waals surface area contributed by atoms with Gasteiger partial charge in [-0.05, 0) is 49.3 Å². The average Bonchev–Trinajstić information content (AvgIpc) is 2.75. The summed E-state index contributed by atoms with van der Waals surface area (Å²) in [6, 6.07) is 17.8. The number of amides is 1. The fourth-order valence-corrected chi connectivity index (χ4v) is 5.35. The zero-order valence-corrected chi connectivity index (χ0v) is 17.8. The van der Waals surface area contributed by atoms with E-state index >= 15 is 0 Å². The lowest BCUT2D eigenvalue weighted by molar-refractivity contribution is -0.120. The molecule has 0 radical (unpaired) electrons. The smallest absolute Gasteiger partial charge is 0.227 e. The minimum Gasteiger partial charge on any atom is -0.326 e. The molecule has 1 N–H and O–H groups in total. The molecule has 1 fully saturated rings. The van der Waals surface area contributed by atoms with Crippen LogP contribution in [0.4, 0.5) is 5.69 Å². The van der Waals surface area contributed by atoms with Crippen LogP contribution < -0.4 is 5.32 Å². The van der Waals surface area contributed by atoms with Crippen LogP contribution in [-0.2, 0) is 27.7 Å². The Hall–Kier alpha value is -2.18. The standard InChI is InChI=1S/C23H30N2O3S/c1-2-20-12-6-7-13-22(20)24-23(26)21-14-16-25(17-15-21)29(27,28)18-8-11-19-9-4-3-5-10-19/h3-7,9-10,12-13,21H,2,8,11,14-18H2,1H3,(H,24,26). The van der Waals surface area contributed by atoms with E-state index < -0.39 is 10.0 Å². The van der Waals surface area contributed by atoms with E-state index in [0.29, 0.717) is 32.4 Å². The highest BCUT2D eigenvalue weighted by atomic mass is 32.2. The van der Waals surface area contributed by atoms with Crippen molar-refractivity contribution in [1.82, 2.24) is 4.31 Å². The highest BCUT2D eigenvalue weighted by molar-refractivity contribution is 7.89. The summed E-state index contributed by atoms with van der Waals surface area (Å²) in [4.78, 5) is 12.6. The van der Waals surface area contributed by atoms with Gasteiger partial charge in [-0.15, -0.1) is 0 Å². The van der Waals surface area contributed by atoms with E-state index in [-0.39, 0.29) is 17.6 Å². The largest absolute Gasteiger partial charge is 0.326 e. The predicted molar refractivity (Wildman–Crippen MR) is 117 cm³/mol. The van der Waals surface area contributed by atoms with Crippen molar-refractivity contribution in [2.45, 2.75) is 39.0 Å². The molecular formula is C23H30N2O3S. The van der Waals surface area contributed by atoms with Gasteiger partial charge in [0.25, 0.3) is 0 Å². The zero-order valence-electron chi connectivity index (χ0n) is 17.0. The number of benzene rings is 2. The molecule has 2 aromatic carbocycles. The number of sulfonamides is 1. The number of hydrogen-bond acceptors (Lipinski definition) is 3. The summed E-state index contributed by atoms with van der Waals surface area (Å²) < 4.78 is 26.9. The molecule has 0 unspecified atom stereocenters. The maximum atomic E-state index is 12.7. The second-order valence-electron chi connectivity index (χ2n) is 7.58. The van der Waals surface area contributed by atoms with Gasteiger partial charge < -0.3 is 5.32 Å². The molecule has 1 aliphatic heterocycles. The van der Waals surface area contributed by atoms with Gasteiger partial charge >= 0.3 is 0 Å². The summed E-state index contributed by atoms with van der Waals surface area (Å²) in [5.74, 6) is 0.00512. The summed E-state index contributed by atoms with van der Waals surface area (Å²) in [5.41, 5.74) is 3.13. The average molecular weight is 415 g/mol. The van der Waals surface area contributed by atoms with Crippen LogP contribution in [0.5, 0.6) is 0 Å². The second kappa shape index (κ2) is 10.0. The van der Waals surface area contributed by atoms with Crippen molar-refractivity contribution in [3.63, 3.8) is 0 Å². The van der Waals surface area contributed by atoms with Crippen LogP contribution in [0.3, 0.4) is 0 Å². The van der Waals surface area contributed by atoms with Crippen LogP contribution in [0, 0.1) is 5.92 Å². The molecular weight excluding hydrogens is 384 g/mol. The molecule has 2 aromatic rings. The van der Waals surface area contributed by atoms with Crippen molar-refractivity contribution in [1.29, 1.82) is 0 Å². The Bertz CT molecular complexity index is 905. The molecule has 1 aliphatic rings. The second-order valence-corrected chi connectivity index (χ2v) is 9.67. The predicted octanol–water partition coefficient (Wildman–Crippen LogP) is 3.86. The van der Waals surface area contributed by atoms with Gasteiger partial charge in [-0.1, -0.05) is 55.5 Å². The van der Waals surface area contributed by atoms with E-state index in [1.807, 2.05) is 54.6 Å². The lowest BCUT2D eigenvalue weighted by Crippen LogP contribution is -2.42. The van der Waals surface area contributed by atoms with Gasteiger partial charge in [-0.2, -0.15) is 0 Å². The number of hydrogen-bond donors (Lipinski definition) is 1. The first-order chi connectivity index (χ1) is 14.0. The molecule has 1 heterocycles. The van der Waals surface area contributed by atoms with E-state index in [1.54, 1.807) is 4.31 Å². The number of carbonyl (C=O) groups excluding carboxylic acids is 1. The van der Waals surface area contributed by atoms with Gasteiger partial charge in [0, 0.05) is 24.7 Å². The fourth-order valence-electron chi connectivity index (χ4n) is 3.81. The Morgan fingerprint density at radius 2 is 1.69 bits per heavy atom. The van der Waals surface area contributed by atoms with Crippen molar-refractivity contribution in [2.75, 3.05) is 24.2 Å². The van der Waals surface area contributed by atoms with E-state index in [0.717, 1.165) is 29.7 Å². The van der Waals surface area contributed by atoms with Gasteiger partial charge in [0.15, 0.2) is 0 Å². The number of carbonyl (C=O) groups is 1. The van der Waals surface area contributed by atoms with Crippen molar-refractivity contribution in [3.8, 4) is 0 Å². The van der Waals surface area contributed by atoms with E-state index in [2.05, 4.69) is 12.2 Å². The van der Waals surface area contributed by atoms with Gasteiger partial charge in [0.1, 0.15) is 0 Å². The maximum Gasteiger partial charge on any atom is 0.227 e. The van der Waals surface area contributed by atoms with Crippen LogP contribution in [0.25, 0.3) is 0 Å². The van der Waals surface area contributed by atoms with Crippen LogP contribution >= 0.6 is 0 Å². The van der Waals surface area contributed by atoms with Gasteiger partial charge in [0.05, 0.1) is 5.75 Å². The molecule has 1 saturated heterocycles. The minimum atomic E-state index is -3.27. The number of anilines is 1. The molecule has 5 nitrogen and oxygen atoms in total. The van der Waals surface area contributed by atoms with Gasteiger partial charge in [0.2, 0.25) is 15.9 Å². The lowest BCUT2D eigenvalue weighted by Gasteiger charge is -2.30. The third-order valence-electron chi connectivity index (χ3n) is 5.58. The van der Waals surface area contributed by atoms with Gasteiger partial charge in [-0.25, -0.2) is 12.7 Å². The summed E-state index contributed by atoms with van der Waals surface area (Å²) in [6.45, 7) is 2.90. The molecule has 1 amide bonds. The first-order valence-electron chi connectivity index (χ1n) is 10.4. The number of piperidine rings is 1. The monoisotopic (exact) mass is 414 g/mol. The summed E-state index contributed by atoms with van der Waals surface area (Å²) >= 11 is 0. The lowest BCUT2D eigenvalue weighted by atomic mass is 9.97. The SMILES string of the molecule is CCc1ccccc1NC(=O)C1CCN(S(=O)(=O)CCCc2ccccc2)CC1. The fraction of sp³-hybridized carbons (Fsp3) is 0.435. The molecule has 0 aliphatic carbocycles. The van der Waals surface area contributed by atoms with E-state index in [4.69, 9.17) is 0 Å². The Kier molecular flexibility index (Phi) is 7.45. The Labute approximate surface area is 174 Å². The van der Waals surface area contributed by atoms with Crippen molar-refractivity contribution >= 4 is 21.6 Å². The molecule has 0 saturated carbocycles. The minimum absolute atomic E-state index is 0.00738. The highest BCUT2D eigenvalue weighted by Gasteiger charge is 2.31. The van der Waals surface area contributed by atoms with Crippen molar-refractivity contribution < 1.29 is 13.2 Å². The number of para-hydroxylation sites is 1. The highest BCUT2D eigenvalue weighted by Crippen LogP contribution is 2.23. The maximum absolute atomic E-state index is 12.7. The number of aryl methyl sites for hydroxylation is 2. The normalized spacial score (nSPS) is 15.9. The zero-order chi connectivity index (χ0) is 20.7. The van der Waals surface area contributed by atoms with Crippen LogP contribution in [-0.4, -0.2) is 37.5 Å². The number of rotatable bonds is 8. The van der Waals surface area contributed by atoms with Crippen LogP contribution in [0.2, 0.25) is 0 Å². The molecule has 6 heteroatoms. The Morgan fingerprint density at radius 3 is 2.38 bits per heavy atom. The molecule has 156 valence electrons. The third kappa shape index (κ3) is 5.90. The quantitative estimate of drug-likeness (QED) is 0.713. The Balaban J connectivity index is 1.48. The van der Waals surface area contributed by atoms with Crippen molar-refractivity contribution in [2.24, 2.45) is 5.92 Å². The summed E-state index contributed by atoms with van der Waals surface area (Å²) in [6.07, 6.45) is 3.36. The van der Waals surface area contributed by atoms with E-state index in [9.17, 15) is 13.2 Å². The first kappa shape index (κ1) is 21.5. The molecule has 0 spiro atoms. The van der Waals surface area contributed by atoms with Crippen LogP contribution in [0.1, 0.15) is 37.3 Å². The molecule has 3 rings (SSSR count).